The van der Waals surface area contributed by atoms with Gasteiger partial charge in [-0.05, 0) is 72.6 Å². The largest absolute Gasteiger partial charge is 0.256 e. The van der Waals surface area contributed by atoms with Crippen LogP contribution in [0.25, 0.3) is 77.3 Å². The number of hydrogen-bond donors (Lipinski definition) is 0. The van der Waals surface area contributed by atoms with E-state index in [-0.39, 0.29) is 0 Å². The van der Waals surface area contributed by atoms with Crippen LogP contribution in [0.15, 0.2) is 176 Å². The molecule has 0 aliphatic heterocycles. The van der Waals surface area contributed by atoms with Gasteiger partial charge >= 0.3 is 0 Å². The van der Waals surface area contributed by atoms with E-state index in [1.54, 1.807) is 0 Å². The highest BCUT2D eigenvalue weighted by Crippen LogP contribution is 2.46. The van der Waals surface area contributed by atoms with Gasteiger partial charge in [0.05, 0.1) is 5.69 Å². The van der Waals surface area contributed by atoms with Gasteiger partial charge in [-0.2, -0.15) is 0 Å². The van der Waals surface area contributed by atoms with Crippen molar-refractivity contribution >= 4 is 21.5 Å². The van der Waals surface area contributed by atoms with Crippen molar-refractivity contribution in [3.05, 3.63) is 176 Å². The van der Waals surface area contributed by atoms with Crippen molar-refractivity contribution < 1.29 is 0 Å². The Morgan fingerprint density at radius 3 is 1.27 bits per heavy atom. The molecule has 7 aromatic carbocycles. The van der Waals surface area contributed by atoms with Crippen LogP contribution in [0.5, 0.6) is 0 Å². The predicted octanol–water partition coefficient (Wildman–Crippen LogP) is 11.7. The molecule has 8 aromatic rings. The second-order valence-corrected chi connectivity index (χ2v) is 11.1. The standard InChI is InChI=1S/C43H29N/c1-5-15-30(16-6-1)35-27-28-44-43(42(35)33-21-11-4-12-22-33)34-25-26-38-39(29-34)41(32-19-9-3-10-20-32)37-24-14-13-23-36(37)40(38)31-17-7-2-8-18-31/h1-29H. The van der Waals surface area contributed by atoms with Gasteiger partial charge in [0.2, 0.25) is 0 Å². The van der Waals surface area contributed by atoms with Gasteiger partial charge in [0, 0.05) is 17.3 Å². The van der Waals surface area contributed by atoms with Crippen LogP contribution < -0.4 is 0 Å². The molecule has 1 nitrogen and oxygen atoms in total. The first kappa shape index (κ1) is 25.9. The minimum absolute atomic E-state index is 0.980. The number of benzene rings is 7. The summed E-state index contributed by atoms with van der Waals surface area (Å²) in [5.41, 5.74) is 11.7. The first-order chi connectivity index (χ1) is 21.9. The first-order valence-electron chi connectivity index (χ1n) is 15.1. The number of pyridine rings is 1. The Balaban J connectivity index is 1.48. The molecule has 0 saturated carbocycles. The molecule has 0 spiro atoms. The molecule has 8 rings (SSSR count). The third-order valence-electron chi connectivity index (χ3n) is 8.52. The lowest BCUT2D eigenvalue weighted by molar-refractivity contribution is 1.33. The van der Waals surface area contributed by atoms with Gasteiger partial charge in [0.15, 0.2) is 0 Å². The highest BCUT2D eigenvalue weighted by molar-refractivity contribution is 6.22. The molecule has 0 fully saturated rings. The third kappa shape index (κ3) is 4.47. The summed E-state index contributed by atoms with van der Waals surface area (Å²) in [5, 5.41) is 4.96. The molecular formula is C43H29N. The van der Waals surface area contributed by atoms with Crippen molar-refractivity contribution in [2.24, 2.45) is 0 Å². The van der Waals surface area contributed by atoms with Crippen LogP contribution in [0, 0.1) is 0 Å². The quantitative estimate of drug-likeness (QED) is 0.191. The molecule has 0 saturated heterocycles. The van der Waals surface area contributed by atoms with Crippen LogP contribution in [-0.2, 0) is 0 Å². The van der Waals surface area contributed by atoms with E-state index in [9.17, 15) is 0 Å². The first-order valence-corrected chi connectivity index (χ1v) is 15.1. The predicted molar refractivity (Wildman–Crippen MR) is 186 cm³/mol. The summed E-state index contributed by atoms with van der Waals surface area (Å²) in [6.45, 7) is 0. The fourth-order valence-corrected chi connectivity index (χ4v) is 6.59. The number of rotatable bonds is 5. The molecule has 1 aromatic heterocycles. The molecule has 0 N–H and O–H groups in total. The Bertz CT molecular complexity index is 2240. The molecule has 0 amide bonds. The van der Waals surface area contributed by atoms with Crippen molar-refractivity contribution in [2.45, 2.75) is 0 Å². The zero-order valence-electron chi connectivity index (χ0n) is 24.2. The highest BCUT2D eigenvalue weighted by atomic mass is 14.7. The van der Waals surface area contributed by atoms with E-state index in [1.807, 2.05) is 6.20 Å². The van der Waals surface area contributed by atoms with Crippen molar-refractivity contribution in [3.63, 3.8) is 0 Å². The summed E-state index contributed by atoms with van der Waals surface area (Å²) in [4.78, 5) is 5.06. The minimum atomic E-state index is 0.980. The van der Waals surface area contributed by atoms with Gasteiger partial charge in [0.25, 0.3) is 0 Å². The maximum absolute atomic E-state index is 5.06. The van der Waals surface area contributed by atoms with Crippen molar-refractivity contribution in [1.82, 2.24) is 4.98 Å². The maximum Gasteiger partial charge on any atom is 0.0786 e. The second-order valence-electron chi connectivity index (χ2n) is 11.1. The summed E-state index contributed by atoms with van der Waals surface area (Å²) in [6, 6.07) is 60.7. The molecule has 44 heavy (non-hydrogen) atoms. The summed E-state index contributed by atoms with van der Waals surface area (Å²) in [7, 11) is 0. The summed E-state index contributed by atoms with van der Waals surface area (Å²) < 4.78 is 0. The molecule has 1 heterocycles. The maximum atomic E-state index is 5.06. The summed E-state index contributed by atoms with van der Waals surface area (Å²) in [5.74, 6) is 0. The van der Waals surface area contributed by atoms with Crippen LogP contribution in [0.1, 0.15) is 0 Å². The topological polar surface area (TPSA) is 12.9 Å². The molecule has 0 radical (unpaired) electrons. The molecule has 1 heteroatoms. The third-order valence-corrected chi connectivity index (χ3v) is 8.52. The Hall–Kier alpha value is -5.79. The fourth-order valence-electron chi connectivity index (χ4n) is 6.59. The SMILES string of the molecule is c1ccc(-c2ccnc(-c3ccc4c(-c5ccccc5)c5ccccc5c(-c5ccccc5)c4c3)c2-c2ccccc2)cc1. The normalized spacial score (nSPS) is 11.2. The summed E-state index contributed by atoms with van der Waals surface area (Å²) in [6.07, 6.45) is 1.95. The number of nitrogens with zero attached hydrogens (tertiary/aromatic N) is 1. The van der Waals surface area contributed by atoms with E-state index in [1.165, 1.54) is 54.9 Å². The molecule has 206 valence electrons. The van der Waals surface area contributed by atoms with E-state index in [0.29, 0.717) is 0 Å². The van der Waals surface area contributed by atoms with E-state index in [2.05, 4.69) is 170 Å². The van der Waals surface area contributed by atoms with E-state index >= 15 is 0 Å². The van der Waals surface area contributed by atoms with Crippen molar-refractivity contribution in [3.8, 4) is 55.8 Å². The average Bonchev–Trinajstić information content (AvgIpc) is 3.11. The molecule has 0 atom stereocenters. The molecule has 0 aliphatic carbocycles. The molecular weight excluding hydrogens is 530 g/mol. The molecule has 0 bridgehead atoms. The number of hydrogen-bond acceptors (Lipinski definition) is 1. The lowest BCUT2D eigenvalue weighted by Gasteiger charge is -2.20. The van der Waals surface area contributed by atoms with E-state index in [4.69, 9.17) is 4.98 Å². The van der Waals surface area contributed by atoms with Gasteiger partial charge in [-0.25, -0.2) is 0 Å². The van der Waals surface area contributed by atoms with Crippen LogP contribution in [0.2, 0.25) is 0 Å². The van der Waals surface area contributed by atoms with Gasteiger partial charge in [0.1, 0.15) is 0 Å². The van der Waals surface area contributed by atoms with E-state index in [0.717, 1.165) is 22.4 Å². The number of fused-ring (bicyclic) bond motifs is 2. The lowest BCUT2D eigenvalue weighted by atomic mass is 9.84. The van der Waals surface area contributed by atoms with Gasteiger partial charge in [-0.15, -0.1) is 0 Å². The Morgan fingerprint density at radius 1 is 0.295 bits per heavy atom. The van der Waals surface area contributed by atoms with Gasteiger partial charge in [-0.1, -0.05) is 158 Å². The zero-order chi connectivity index (χ0) is 29.3. The van der Waals surface area contributed by atoms with Gasteiger partial charge < -0.3 is 0 Å². The zero-order valence-corrected chi connectivity index (χ0v) is 24.2. The average molecular weight is 560 g/mol. The summed E-state index contributed by atoms with van der Waals surface area (Å²) >= 11 is 0. The van der Waals surface area contributed by atoms with Crippen LogP contribution in [0.3, 0.4) is 0 Å². The van der Waals surface area contributed by atoms with Crippen LogP contribution >= 0.6 is 0 Å². The van der Waals surface area contributed by atoms with Crippen molar-refractivity contribution in [2.75, 3.05) is 0 Å². The Morgan fingerprint density at radius 2 is 0.727 bits per heavy atom. The monoisotopic (exact) mass is 559 g/mol. The minimum Gasteiger partial charge on any atom is -0.256 e. The number of aromatic nitrogens is 1. The smallest absolute Gasteiger partial charge is 0.0786 e. The van der Waals surface area contributed by atoms with E-state index < -0.39 is 0 Å². The second kappa shape index (κ2) is 11.1. The molecule has 0 unspecified atom stereocenters. The highest BCUT2D eigenvalue weighted by Gasteiger charge is 2.20. The van der Waals surface area contributed by atoms with Gasteiger partial charge in [-0.3, -0.25) is 4.98 Å². The Labute approximate surface area is 257 Å². The Kier molecular flexibility index (Phi) is 6.55. The van der Waals surface area contributed by atoms with Crippen molar-refractivity contribution in [1.29, 1.82) is 0 Å². The lowest BCUT2D eigenvalue weighted by Crippen LogP contribution is -1.95. The van der Waals surface area contributed by atoms with Crippen LogP contribution in [0.4, 0.5) is 0 Å². The van der Waals surface area contributed by atoms with Crippen LogP contribution in [-0.4, -0.2) is 4.98 Å². The molecule has 0 aliphatic rings. The fraction of sp³-hybridized carbons (Fsp3) is 0.